The maximum atomic E-state index is 11.4. The number of nitro groups is 1. The number of para-hydroxylation sites is 2. The highest BCUT2D eigenvalue weighted by molar-refractivity contribution is 6.28. The van der Waals surface area contributed by atoms with Gasteiger partial charge in [0.2, 0.25) is 0 Å². The largest absolute Gasteiger partial charge is 0.293 e. The molecule has 0 atom stereocenters. The minimum atomic E-state index is -0.631. The fourth-order valence-electron chi connectivity index (χ4n) is 1.45. The molecule has 0 spiro atoms. The first kappa shape index (κ1) is 10.0. The normalized spacial score (nSPS) is 14.6. The van der Waals surface area contributed by atoms with E-state index in [4.69, 9.17) is 0 Å². The molecule has 6 heteroatoms. The van der Waals surface area contributed by atoms with E-state index in [0.29, 0.717) is 0 Å². The summed E-state index contributed by atoms with van der Waals surface area (Å²) in [5.41, 5.74) is -0.277. The number of rotatable bonds is 2. The summed E-state index contributed by atoms with van der Waals surface area (Å²) < 4.78 is 0. The first-order valence-electron chi connectivity index (χ1n) is 4.41. The van der Waals surface area contributed by atoms with E-state index < -0.39 is 16.7 Å². The van der Waals surface area contributed by atoms with Crippen LogP contribution in [-0.4, -0.2) is 16.7 Å². The minimum absolute atomic E-state index is 0.00694. The molecule has 1 aromatic rings. The Labute approximate surface area is 89.9 Å². The first-order chi connectivity index (χ1) is 7.61. The lowest BCUT2D eigenvalue weighted by molar-refractivity contribution is -0.384. The minimum Gasteiger partial charge on any atom is -0.269 e. The van der Waals surface area contributed by atoms with Crippen LogP contribution < -0.4 is 4.90 Å². The smallest absolute Gasteiger partial charge is 0.269 e. The van der Waals surface area contributed by atoms with Crippen molar-refractivity contribution in [2.24, 2.45) is 0 Å². The summed E-state index contributed by atoms with van der Waals surface area (Å²) in [5, 5.41) is 10.7. The van der Waals surface area contributed by atoms with Gasteiger partial charge in [-0.1, -0.05) is 12.1 Å². The number of carbonyl (C=O) groups excluding carboxylic acids is 2. The Morgan fingerprint density at radius 3 is 2.19 bits per heavy atom. The topological polar surface area (TPSA) is 80.5 Å². The lowest BCUT2D eigenvalue weighted by Gasteiger charge is -2.13. The number of carbonyl (C=O) groups is 2. The molecule has 0 aromatic heterocycles. The van der Waals surface area contributed by atoms with Crippen LogP contribution in [0.1, 0.15) is 0 Å². The summed E-state index contributed by atoms with van der Waals surface area (Å²) in [6.07, 6.45) is 2.16. The average molecular weight is 218 g/mol. The lowest BCUT2D eigenvalue weighted by atomic mass is 10.2. The molecule has 0 radical (unpaired) electrons. The van der Waals surface area contributed by atoms with Gasteiger partial charge in [-0.25, -0.2) is 4.90 Å². The zero-order valence-corrected chi connectivity index (χ0v) is 7.99. The Balaban J connectivity index is 2.52. The molecule has 1 aliphatic rings. The SMILES string of the molecule is O=C1C=CC(=O)N1c1ccccc1[N+](=O)[O-]. The van der Waals surface area contributed by atoms with Gasteiger partial charge in [-0.15, -0.1) is 0 Å². The second kappa shape index (κ2) is 3.58. The van der Waals surface area contributed by atoms with Crippen LogP contribution in [-0.2, 0) is 9.59 Å². The van der Waals surface area contributed by atoms with E-state index >= 15 is 0 Å². The van der Waals surface area contributed by atoms with Gasteiger partial charge in [0.1, 0.15) is 5.69 Å². The number of nitro benzene ring substituents is 1. The van der Waals surface area contributed by atoms with Crippen molar-refractivity contribution in [1.82, 2.24) is 0 Å². The Hall–Kier alpha value is -2.50. The molecule has 80 valence electrons. The maximum absolute atomic E-state index is 11.4. The molecule has 0 N–H and O–H groups in total. The Morgan fingerprint density at radius 1 is 1.06 bits per heavy atom. The summed E-state index contributed by atoms with van der Waals surface area (Å²) in [5.74, 6) is -1.14. The molecule has 0 aliphatic carbocycles. The zero-order valence-electron chi connectivity index (χ0n) is 7.99. The monoisotopic (exact) mass is 218 g/mol. The van der Waals surface area contributed by atoms with Gasteiger partial charge in [0.25, 0.3) is 17.5 Å². The Morgan fingerprint density at radius 2 is 1.62 bits per heavy atom. The second-order valence-electron chi connectivity index (χ2n) is 3.09. The van der Waals surface area contributed by atoms with Crippen LogP contribution in [0.4, 0.5) is 11.4 Å². The molecule has 0 unspecified atom stereocenters. The third kappa shape index (κ3) is 1.46. The quantitative estimate of drug-likeness (QED) is 0.421. The fraction of sp³-hybridized carbons (Fsp3) is 0. The van der Waals surface area contributed by atoms with Gasteiger partial charge in [0, 0.05) is 18.2 Å². The molecule has 2 amide bonds. The summed E-state index contributed by atoms with van der Waals surface area (Å²) in [6.45, 7) is 0. The molecular formula is C10H6N2O4. The fourth-order valence-corrected chi connectivity index (χ4v) is 1.45. The van der Waals surface area contributed by atoms with E-state index in [1.165, 1.54) is 24.3 Å². The van der Waals surface area contributed by atoms with Crippen LogP contribution in [0.25, 0.3) is 0 Å². The molecule has 0 fully saturated rings. The van der Waals surface area contributed by atoms with E-state index in [9.17, 15) is 19.7 Å². The summed E-state index contributed by atoms with van der Waals surface area (Å²) in [4.78, 5) is 33.6. The van der Waals surface area contributed by atoms with E-state index in [2.05, 4.69) is 0 Å². The number of hydrogen-bond donors (Lipinski definition) is 0. The molecule has 2 rings (SSSR count). The van der Waals surface area contributed by atoms with E-state index in [-0.39, 0.29) is 11.4 Å². The molecule has 1 aliphatic heterocycles. The van der Waals surface area contributed by atoms with Crippen molar-refractivity contribution >= 4 is 23.2 Å². The molecule has 0 saturated heterocycles. The average Bonchev–Trinajstić information content (AvgIpc) is 2.58. The molecule has 0 bridgehead atoms. The van der Waals surface area contributed by atoms with Crippen molar-refractivity contribution in [3.63, 3.8) is 0 Å². The van der Waals surface area contributed by atoms with Crippen LogP contribution in [0.5, 0.6) is 0 Å². The number of amides is 2. The van der Waals surface area contributed by atoms with Gasteiger partial charge in [0.05, 0.1) is 4.92 Å². The van der Waals surface area contributed by atoms with Gasteiger partial charge >= 0.3 is 0 Å². The number of hydrogen-bond acceptors (Lipinski definition) is 4. The molecule has 16 heavy (non-hydrogen) atoms. The summed E-state index contributed by atoms with van der Waals surface area (Å²) >= 11 is 0. The third-order valence-electron chi connectivity index (χ3n) is 2.13. The van der Waals surface area contributed by atoms with E-state index in [0.717, 1.165) is 17.1 Å². The Bertz CT molecular complexity index is 503. The lowest BCUT2D eigenvalue weighted by Crippen LogP contribution is -2.30. The van der Waals surface area contributed by atoms with Gasteiger partial charge in [-0.05, 0) is 6.07 Å². The van der Waals surface area contributed by atoms with Crippen LogP contribution in [0.2, 0.25) is 0 Å². The first-order valence-corrected chi connectivity index (χ1v) is 4.41. The number of anilines is 1. The molecule has 0 saturated carbocycles. The van der Waals surface area contributed by atoms with E-state index in [1.807, 2.05) is 0 Å². The van der Waals surface area contributed by atoms with Crippen LogP contribution in [0.15, 0.2) is 36.4 Å². The second-order valence-corrected chi connectivity index (χ2v) is 3.09. The number of imide groups is 1. The van der Waals surface area contributed by atoms with Gasteiger partial charge < -0.3 is 0 Å². The number of benzene rings is 1. The maximum Gasteiger partial charge on any atom is 0.293 e. The van der Waals surface area contributed by atoms with Crippen molar-refractivity contribution in [2.75, 3.05) is 4.90 Å². The van der Waals surface area contributed by atoms with Crippen molar-refractivity contribution in [3.8, 4) is 0 Å². The van der Waals surface area contributed by atoms with Crippen molar-refractivity contribution in [2.45, 2.75) is 0 Å². The third-order valence-corrected chi connectivity index (χ3v) is 2.13. The predicted octanol–water partition coefficient (Wildman–Crippen LogP) is 1.02. The Kier molecular flexibility index (Phi) is 2.24. The van der Waals surface area contributed by atoms with Gasteiger partial charge in [0.15, 0.2) is 0 Å². The van der Waals surface area contributed by atoms with Crippen LogP contribution in [0.3, 0.4) is 0 Å². The molecule has 6 nitrogen and oxygen atoms in total. The molecule has 1 heterocycles. The number of nitrogens with zero attached hydrogens (tertiary/aromatic N) is 2. The van der Waals surface area contributed by atoms with Crippen molar-refractivity contribution in [1.29, 1.82) is 0 Å². The summed E-state index contributed by atoms with van der Waals surface area (Å²) in [7, 11) is 0. The van der Waals surface area contributed by atoms with Gasteiger partial charge in [-0.2, -0.15) is 0 Å². The van der Waals surface area contributed by atoms with Gasteiger partial charge in [-0.3, -0.25) is 19.7 Å². The predicted molar refractivity (Wildman–Crippen MR) is 54.7 cm³/mol. The highest BCUT2D eigenvalue weighted by atomic mass is 16.6. The van der Waals surface area contributed by atoms with Crippen LogP contribution in [0, 0.1) is 10.1 Å². The molecular weight excluding hydrogens is 212 g/mol. The highest BCUT2D eigenvalue weighted by Gasteiger charge is 2.30. The summed E-state index contributed by atoms with van der Waals surface area (Å²) in [6, 6.07) is 5.61. The highest BCUT2D eigenvalue weighted by Crippen LogP contribution is 2.29. The standard InChI is InChI=1S/C10H6N2O4/c13-9-5-6-10(14)11(9)7-3-1-2-4-8(7)12(15)16/h1-6H. The molecule has 1 aromatic carbocycles. The van der Waals surface area contributed by atoms with Crippen molar-refractivity contribution in [3.05, 3.63) is 46.5 Å². The zero-order chi connectivity index (χ0) is 11.7. The van der Waals surface area contributed by atoms with Crippen LogP contribution >= 0.6 is 0 Å². The van der Waals surface area contributed by atoms with E-state index in [1.54, 1.807) is 0 Å². The van der Waals surface area contributed by atoms with Crippen molar-refractivity contribution < 1.29 is 14.5 Å².